The molecular weight excluding hydrogens is 139 g/mol. The van der Waals surface area contributed by atoms with Gasteiger partial charge in [-0.2, -0.15) is 0 Å². The van der Waals surface area contributed by atoms with Crippen LogP contribution in [-0.4, -0.2) is 18.3 Å². The quantitative estimate of drug-likeness (QED) is 0.459. The van der Waals surface area contributed by atoms with Gasteiger partial charge in [0.25, 0.3) is 0 Å². The van der Waals surface area contributed by atoms with Crippen LogP contribution in [0, 0.1) is 0 Å². The molecule has 3 nitrogen and oxygen atoms in total. The summed E-state index contributed by atoms with van der Waals surface area (Å²) in [5.41, 5.74) is 0. The molecule has 9 heavy (non-hydrogen) atoms. The van der Waals surface area contributed by atoms with Crippen LogP contribution in [0.4, 0.5) is 0 Å². The monoisotopic (exact) mass is 150 g/mol. The van der Waals surface area contributed by atoms with E-state index in [2.05, 4.69) is 4.52 Å². The van der Waals surface area contributed by atoms with Crippen LogP contribution >= 0.6 is 8.69 Å². The van der Waals surface area contributed by atoms with Crippen molar-refractivity contribution in [2.45, 2.75) is 19.3 Å². The van der Waals surface area contributed by atoms with E-state index in [-0.39, 0.29) is 15.3 Å². The summed E-state index contributed by atoms with van der Waals surface area (Å²) in [5, 5.41) is 8.32. The van der Waals surface area contributed by atoms with Crippen LogP contribution in [0.5, 0.6) is 0 Å². The number of aliphatic hydroxyl groups is 1. The van der Waals surface area contributed by atoms with Crippen LogP contribution in [0.1, 0.15) is 19.3 Å². The Kier molecular flexibility index (Phi) is 8.04. The van der Waals surface area contributed by atoms with Gasteiger partial charge in [-0.3, -0.25) is 4.52 Å². The van der Waals surface area contributed by atoms with E-state index in [0.717, 1.165) is 19.3 Å². The molecule has 0 bridgehead atoms. The summed E-state index contributed by atoms with van der Waals surface area (Å²) in [6.07, 6.45) is 2.61. The Morgan fingerprint density at radius 1 is 1.33 bits per heavy atom. The van der Waals surface area contributed by atoms with Gasteiger partial charge in [0, 0.05) is 6.61 Å². The summed E-state index contributed by atoms with van der Waals surface area (Å²) in [4.78, 5) is 0. The highest BCUT2D eigenvalue weighted by molar-refractivity contribution is 7.17. The molecule has 4 heteroatoms. The number of rotatable bonds is 6. The first-order valence-electron chi connectivity index (χ1n) is 2.97. The maximum Gasteiger partial charge on any atom is 0.327 e. The van der Waals surface area contributed by atoms with Crippen LogP contribution in [0.3, 0.4) is 0 Å². The maximum atomic E-state index is 9.66. The second-order valence-corrected chi connectivity index (χ2v) is 2.10. The van der Waals surface area contributed by atoms with Gasteiger partial charge < -0.3 is 5.11 Å². The predicted molar refractivity (Wildman–Crippen MR) is 34.5 cm³/mol. The highest BCUT2D eigenvalue weighted by Crippen LogP contribution is 1.99. The van der Waals surface area contributed by atoms with Crippen molar-refractivity contribution in [1.82, 2.24) is 0 Å². The molecule has 0 saturated heterocycles. The summed E-state index contributed by atoms with van der Waals surface area (Å²) in [6, 6.07) is 0. The minimum absolute atomic E-state index is 0.231. The van der Waals surface area contributed by atoms with Crippen molar-refractivity contribution in [3.63, 3.8) is 0 Å². The zero-order valence-corrected chi connectivity index (χ0v) is 6.14. The fraction of sp³-hybridized carbons (Fsp3) is 1.00. The van der Waals surface area contributed by atoms with E-state index < -0.39 is 0 Å². The molecule has 0 saturated carbocycles. The third kappa shape index (κ3) is 8.02. The lowest BCUT2D eigenvalue weighted by atomic mass is 10.2. The predicted octanol–water partition coefficient (Wildman–Crippen LogP) is 1.37. The van der Waals surface area contributed by atoms with Crippen molar-refractivity contribution in [1.29, 1.82) is 0 Å². The smallest absolute Gasteiger partial charge is 0.327 e. The largest absolute Gasteiger partial charge is 0.396 e. The summed E-state index contributed by atoms with van der Waals surface area (Å²) < 4.78 is 14.2. The zero-order chi connectivity index (χ0) is 6.95. The molecule has 0 radical (unpaired) electrons. The van der Waals surface area contributed by atoms with Gasteiger partial charge in [-0.15, -0.1) is 0 Å². The van der Waals surface area contributed by atoms with E-state index in [1.807, 2.05) is 0 Å². The molecule has 0 aliphatic heterocycles. The van der Waals surface area contributed by atoms with Crippen molar-refractivity contribution in [3.05, 3.63) is 0 Å². The van der Waals surface area contributed by atoms with Gasteiger partial charge in [0.1, 0.15) is 0 Å². The second-order valence-electron chi connectivity index (χ2n) is 1.69. The normalized spacial score (nSPS) is 10.3. The molecule has 54 valence electrons. The SMILES string of the molecule is O=POCCCCCO. The van der Waals surface area contributed by atoms with Crippen molar-refractivity contribution < 1.29 is 14.2 Å². The van der Waals surface area contributed by atoms with Crippen LogP contribution in [0.25, 0.3) is 0 Å². The molecule has 0 atom stereocenters. The average Bonchev–Trinajstić information content (AvgIpc) is 1.89. The van der Waals surface area contributed by atoms with Crippen LogP contribution in [0.15, 0.2) is 0 Å². The molecule has 0 rings (SSSR count). The van der Waals surface area contributed by atoms with Gasteiger partial charge in [0.05, 0.1) is 6.61 Å². The fourth-order valence-electron chi connectivity index (χ4n) is 0.492. The van der Waals surface area contributed by atoms with Crippen molar-refractivity contribution in [2.24, 2.45) is 0 Å². The number of unbranched alkanes of at least 4 members (excludes halogenated alkanes) is 2. The van der Waals surface area contributed by atoms with Crippen LogP contribution < -0.4 is 0 Å². The number of hydrogen-bond donors (Lipinski definition) is 1. The van der Waals surface area contributed by atoms with Gasteiger partial charge in [-0.1, -0.05) is 0 Å². The van der Waals surface area contributed by atoms with Crippen molar-refractivity contribution in [3.8, 4) is 0 Å². The Bertz CT molecular complexity index is 67.2. The molecule has 1 N–H and O–H groups in total. The highest BCUT2D eigenvalue weighted by Gasteiger charge is 1.86. The molecule has 0 fully saturated rings. The first kappa shape index (κ1) is 9.02. The van der Waals surface area contributed by atoms with E-state index in [4.69, 9.17) is 5.11 Å². The van der Waals surface area contributed by atoms with E-state index in [1.165, 1.54) is 0 Å². The zero-order valence-electron chi connectivity index (χ0n) is 5.25. The lowest BCUT2D eigenvalue weighted by Gasteiger charge is -1.93. The summed E-state index contributed by atoms with van der Waals surface area (Å²) in [5.74, 6) is 0. The van der Waals surface area contributed by atoms with E-state index in [1.54, 1.807) is 0 Å². The Morgan fingerprint density at radius 2 is 2.11 bits per heavy atom. The Hall–Kier alpha value is 0.0200. The van der Waals surface area contributed by atoms with Gasteiger partial charge in [0.2, 0.25) is 0 Å². The Morgan fingerprint density at radius 3 is 2.67 bits per heavy atom. The highest BCUT2D eigenvalue weighted by atomic mass is 31.1. The summed E-state index contributed by atoms with van der Waals surface area (Å²) in [7, 11) is -0.248. The molecule has 0 aliphatic rings. The summed E-state index contributed by atoms with van der Waals surface area (Å²) >= 11 is 0. The molecule has 0 unspecified atom stereocenters. The van der Waals surface area contributed by atoms with Crippen molar-refractivity contribution >= 4 is 8.69 Å². The summed E-state index contributed by atoms with van der Waals surface area (Å²) in [6.45, 7) is 0.750. The molecular formula is C5H11O3P. The lowest BCUT2D eigenvalue weighted by molar-refractivity contribution is 0.272. The molecule has 0 aromatic rings. The van der Waals surface area contributed by atoms with E-state index >= 15 is 0 Å². The first-order chi connectivity index (χ1) is 4.41. The third-order valence-corrected chi connectivity index (χ3v) is 1.23. The van der Waals surface area contributed by atoms with E-state index in [0.29, 0.717) is 6.61 Å². The molecule has 0 amide bonds. The standard InChI is InChI=1S/C5H11O3P/c6-4-2-1-3-5-8-9-7/h6H,1-5H2. The van der Waals surface area contributed by atoms with Gasteiger partial charge in [-0.05, 0) is 19.3 Å². The Balaban J connectivity index is 2.66. The van der Waals surface area contributed by atoms with E-state index in [9.17, 15) is 4.57 Å². The number of aliphatic hydroxyl groups excluding tert-OH is 1. The minimum atomic E-state index is -0.248. The molecule has 0 aliphatic carbocycles. The van der Waals surface area contributed by atoms with Gasteiger partial charge in [-0.25, -0.2) is 4.57 Å². The van der Waals surface area contributed by atoms with Crippen molar-refractivity contribution in [2.75, 3.05) is 13.2 Å². The van der Waals surface area contributed by atoms with Gasteiger partial charge in [0.15, 0.2) is 0 Å². The fourth-order valence-corrected chi connectivity index (χ4v) is 0.696. The second kappa shape index (κ2) is 8.02. The molecule has 0 aromatic heterocycles. The number of hydrogen-bond acceptors (Lipinski definition) is 3. The molecule has 0 spiro atoms. The van der Waals surface area contributed by atoms with Crippen LogP contribution in [-0.2, 0) is 9.09 Å². The maximum absolute atomic E-state index is 9.66. The van der Waals surface area contributed by atoms with Crippen LogP contribution in [0.2, 0.25) is 0 Å². The topological polar surface area (TPSA) is 46.5 Å². The first-order valence-corrected chi connectivity index (χ1v) is 3.70. The average molecular weight is 150 g/mol. The van der Waals surface area contributed by atoms with Gasteiger partial charge >= 0.3 is 8.69 Å². The third-order valence-electron chi connectivity index (χ3n) is 0.946. The molecule has 0 aromatic carbocycles. The Labute approximate surface area is 56.3 Å². The minimum Gasteiger partial charge on any atom is -0.396 e. The molecule has 0 heterocycles. The lowest BCUT2D eigenvalue weighted by Crippen LogP contribution is -1.87.